The lowest BCUT2D eigenvalue weighted by Crippen LogP contribution is -2.42. The Balaban J connectivity index is 1.72. The molecule has 1 aromatic rings. The van der Waals surface area contributed by atoms with Crippen LogP contribution in [0.3, 0.4) is 0 Å². The lowest BCUT2D eigenvalue weighted by molar-refractivity contribution is -0.129. The van der Waals surface area contributed by atoms with Crippen LogP contribution in [0.25, 0.3) is 0 Å². The number of hydrogen-bond donors (Lipinski definition) is 1. The minimum Gasteiger partial charge on any atom is -0.504 e. The Morgan fingerprint density at radius 3 is 3.00 bits per heavy atom. The number of hydrogen-bond acceptors (Lipinski definition) is 3. The Morgan fingerprint density at radius 2 is 2.18 bits per heavy atom. The number of phenols is 1. The van der Waals surface area contributed by atoms with Gasteiger partial charge in [-0.05, 0) is 61.5 Å². The second kappa shape index (κ2) is 4.74. The molecule has 3 aliphatic rings. The molecule has 2 saturated carbocycles. The van der Waals surface area contributed by atoms with Crippen molar-refractivity contribution in [3.63, 3.8) is 0 Å². The van der Waals surface area contributed by atoms with Crippen molar-refractivity contribution >= 4 is 5.78 Å². The molecular formula is C19H24O3. The van der Waals surface area contributed by atoms with Crippen molar-refractivity contribution in [2.45, 2.75) is 51.4 Å². The van der Waals surface area contributed by atoms with Crippen LogP contribution < -0.4 is 4.74 Å². The number of ketones is 1. The van der Waals surface area contributed by atoms with Crippen LogP contribution in [-0.4, -0.2) is 17.9 Å². The third kappa shape index (κ3) is 1.71. The van der Waals surface area contributed by atoms with Crippen molar-refractivity contribution in [2.75, 3.05) is 7.04 Å². The van der Waals surface area contributed by atoms with Crippen LogP contribution in [0, 0.1) is 17.3 Å². The summed E-state index contributed by atoms with van der Waals surface area (Å²) in [4.78, 5) is 12.4. The molecule has 0 unspecified atom stereocenters. The van der Waals surface area contributed by atoms with Crippen LogP contribution in [0.4, 0.5) is 0 Å². The maximum absolute atomic E-state index is 12.4. The Labute approximate surface area is 135 Å². The average Bonchev–Trinajstić information content (AvgIpc) is 2.84. The van der Waals surface area contributed by atoms with E-state index in [4.69, 9.17) is 8.85 Å². The molecule has 0 amide bonds. The van der Waals surface area contributed by atoms with E-state index in [0.29, 0.717) is 36.4 Å². The van der Waals surface area contributed by atoms with E-state index < -0.39 is 7.04 Å². The van der Waals surface area contributed by atoms with E-state index in [1.165, 1.54) is 0 Å². The molecule has 0 heterocycles. The van der Waals surface area contributed by atoms with Gasteiger partial charge in [0.25, 0.3) is 0 Å². The SMILES string of the molecule is [2H][13C]([2H])([2H])Oc1c(O)ccc2c1CC[C@@H]1[C@H]3CCC(=O)[C@]3(C)CC[C@@H]21. The topological polar surface area (TPSA) is 46.5 Å². The summed E-state index contributed by atoms with van der Waals surface area (Å²) < 4.78 is 27.2. The molecule has 22 heavy (non-hydrogen) atoms. The molecule has 4 atom stereocenters. The van der Waals surface area contributed by atoms with E-state index in [1.807, 2.05) is 6.07 Å². The van der Waals surface area contributed by atoms with Crippen LogP contribution in [0.1, 0.15) is 60.2 Å². The van der Waals surface area contributed by atoms with Crippen molar-refractivity contribution < 1.29 is 18.8 Å². The van der Waals surface area contributed by atoms with Crippen molar-refractivity contribution in [3.05, 3.63) is 23.3 Å². The number of fused-ring (bicyclic) bond motifs is 5. The number of phenolic OH excluding ortho intramolecular Hbond substituents is 1. The van der Waals surface area contributed by atoms with Crippen LogP contribution in [-0.2, 0) is 11.2 Å². The number of ether oxygens (including phenoxy) is 1. The molecule has 0 spiro atoms. The van der Waals surface area contributed by atoms with Crippen LogP contribution in [0.5, 0.6) is 11.5 Å². The highest BCUT2D eigenvalue weighted by Crippen LogP contribution is 2.60. The second-order valence-corrected chi connectivity index (χ2v) is 7.42. The third-order valence-electron chi connectivity index (χ3n) is 6.65. The van der Waals surface area contributed by atoms with Gasteiger partial charge in [0.1, 0.15) is 5.78 Å². The highest BCUT2D eigenvalue weighted by atomic mass is 16.5. The zero-order valence-electron chi connectivity index (χ0n) is 15.9. The Hall–Kier alpha value is -1.51. The maximum atomic E-state index is 12.4. The molecule has 118 valence electrons. The molecule has 4 rings (SSSR count). The summed E-state index contributed by atoms with van der Waals surface area (Å²) in [6.07, 6.45) is 5.12. The van der Waals surface area contributed by atoms with Gasteiger partial charge in [0.05, 0.1) is 11.2 Å². The average molecular weight is 304 g/mol. The van der Waals surface area contributed by atoms with Gasteiger partial charge in [-0.2, -0.15) is 0 Å². The summed E-state index contributed by atoms with van der Waals surface area (Å²) in [5.41, 5.74) is 1.77. The minimum atomic E-state index is -2.58. The number of benzene rings is 1. The first-order valence-electron chi connectivity index (χ1n) is 9.78. The van der Waals surface area contributed by atoms with E-state index >= 15 is 0 Å². The first-order valence-corrected chi connectivity index (χ1v) is 8.28. The molecule has 0 saturated heterocycles. The van der Waals surface area contributed by atoms with Gasteiger partial charge in [0.15, 0.2) is 11.5 Å². The number of carbonyl (C=O) groups excluding carboxylic acids is 1. The fourth-order valence-corrected chi connectivity index (χ4v) is 5.51. The first-order chi connectivity index (χ1) is 11.7. The van der Waals surface area contributed by atoms with Crippen molar-refractivity contribution in [1.29, 1.82) is 0 Å². The summed E-state index contributed by atoms with van der Waals surface area (Å²) in [5, 5.41) is 10.1. The monoisotopic (exact) mass is 304 g/mol. The van der Waals surface area contributed by atoms with Crippen molar-refractivity contribution in [3.8, 4) is 11.5 Å². The normalized spacial score (nSPS) is 39.0. The van der Waals surface area contributed by atoms with Gasteiger partial charge in [-0.25, -0.2) is 0 Å². The number of aromatic hydroxyl groups is 1. The second-order valence-electron chi connectivity index (χ2n) is 7.42. The van der Waals surface area contributed by atoms with Crippen LogP contribution >= 0.6 is 0 Å². The van der Waals surface area contributed by atoms with E-state index in [1.54, 1.807) is 6.07 Å². The van der Waals surface area contributed by atoms with Gasteiger partial charge < -0.3 is 9.84 Å². The minimum absolute atomic E-state index is 0.106. The Bertz CT molecular complexity index is 727. The molecule has 0 bridgehead atoms. The molecular weight excluding hydrogens is 277 g/mol. The number of carbonyl (C=O) groups is 1. The maximum Gasteiger partial charge on any atom is 0.163 e. The Kier molecular flexibility index (Phi) is 2.39. The molecule has 1 N–H and O–H groups in total. The fraction of sp³-hybridized carbons (Fsp3) is 0.632. The van der Waals surface area contributed by atoms with Gasteiger partial charge in [-0.15, -0.1) is 0 Å². The van der Waals surface area contributed by atoms with Gasteiger partial charge >= 0.3 is 0 Å². The molecule has 0 aliphatic heterocycles. The number of methoxy groups -OCH3 is 1. The largest absolute Gasteiger partial charge is 0.504 e. The zero-order chi connectivity index (χ0) is 18.0. The molecule has 0 aromatic heterocycles. The van der Waals surface area contributed by atoms with Gasteiger partial charge in [0, 0.05) is 17.4 Å². The van der Waals surface area contributed by atoms with Crippen LogP contribution in [0.2, 0.25) is 0 Å². The fourth-order valence-electron chi connectivity index (χ4n) is 5.51. The number of Topliss-reactive ketones (excluding diaryl/α,β-unsaturated/α-hetero) is 1. The van der Waals surface area contributed by atoms with E-state index in [0.717, 1.165) is 36.8 Å². The lowest BCUT2D eigenvalue weighted by Gasteiger charge is -2.48. The smallest absolute Gasteiger partial charge is 0.163 e. The van der Waals surface area contributed by atoms with E-state index in [-0.39, 0.29) is 16.9 Å². The quantitative estimate of drug-likeness (QED) is 0.802. The molecule has 3 heteroatoms. The third-order valence-corrected chi connectivity index (χ3v) is 6.65. The van der Waals surface area contributed by atoms with E-state index in [2.05, 4.69) is 6.92 Å². The molecule has 3 nitrogen and oxygen atoms in total. The van der Waals surface area contributed by atoms with Gasteiger partial charge in [-0.1, -0.05) is 13.0 Å². The summed E-state index contributed by atoms with van der Waals surface area (Å²) in [5.74, 6) is 1.64. The van der Waals surface area contributed by atoms with Crippen molar-refractivity contribution in [1.82, 2.24) is 0 Å². The Morgan fingerprint density at radius 1 is 1.32 bits per heavy atom. The van der Waals surface area contributed by atoms with Crippen LogP contribution in [0.15, 0.2) is 12.1 Å². The van der Waals surface area contributed by atoms with Gasteiger partial charge in [0.2, 0.25) is 0 Å². The summed E-state index contributed by atoms with van der Waals surface area (Å²) in [6, 6.07) is 3.48. The first kappa shape index (κ1) is 11.1. The molecule has 0 radical (unpaired) electrons. The van der Waals surface area contributed by atoms with Crippen molar-refractivity contribution in [2.24, 2.45) is 17.3 Å². The highest BCUT2D eigenvalue weighted by molar-refractivity contribution is 5.87. The zero-order valence-corrected chi connectivity index (χ0v) is 12.9. The molecule has 2 fully saturated rings. The predicted molar refractivity (Wildman–Crippen MR) is 84.3 cm³/mol. The molecule has 1 aromatic carbocycles. The predicted octanol–water partition coefficient (Wildman–Crippen LogP) is 3.83. The summed E-state index contributed by atoms with van der Waals surface area (Å²) in [6.45, 7) is 2.14. The summed E-state index contributed by atoms with van der Waals surface area (Å²) >= 11 is 0. The van der Waals surface area contributed by atoms with Gasteiger partial charge in [-0.3, -0.25) is 4.79 Å². The summed E-state index contributed by atoms with van der Waals surface area (Å²) in [7, 11) is -2.58. The lowest BCUT2D eigenvalue weighted by atomic mass is 9.55. The molecule has 3 aliphatic carbocycles. The number of rotatable bonds is 1. The highest BCUT2D eigenvalue weighted by Gasteiger charge is 2.54. The standard InChI is InChI=1S/C19H24O3/c1-19-10-9-12-11-5-7-16(20)18(22-2)14(11)4-3-13(12)15(19)6-8-17(19)21/h5,7,12-13,15,20H,3-4,6,8-10H2,1-2H3/t12-,13-,15+,19+/m0/s1/i2+1D3. The van der Waals surface area contributed by atoms with E-state index in [9.17, 15) is 9.90 Å².